The first-order chi connectivity index (χ1) is 14.9. The standard InChI is InChI=1S/C24H27NO6S/c1-5-6-10-17(2)21(27)25(22(28)18-11-8-7-9-12-18)31-32(29,30)16-24-14-13-19(15-20(24)26)23(24,3)4/h5-12,19H,1-2,13-16H2,3-4H3/b10-6-. The highest BCUT2D eigenvalue weighted by molar-refractivity contribution is 7.86. The molecule has 0 saturated heterocycles. The quantitative estimate of drug-likeness (QED) is 0.336. The minimum absolute atomic E-state index is 0.0629. The van der Waals surface area contributed by atoms with Gasteiger partial charge in [-0.05, 0) is 42.4 Å². The molecule has 1 aromatic rings. The molecular formula is C24H27NO6S. The fraction of sp³-hybridized carbons (Fsp3) is 0.375. The van der Waals surface area contributed by atoms with Crippen molar-refractivity contribution in [2.75, 3.05) is 5.75 Å². The van der Waals surface area contributed by atoms with Gasteiger partial charge in [-0.3, -0.25) is 14.4 Å². The van der Waals surface area contributed by atoms with Crippen LogP contribution in [0.5, 0.6) is 0 Å². The monoisotopic (exact) mass is 457 g/mol. The molecule has 0 aromatic heterocycles. The Morgan fingerprint density at radius 3 is 2.44 bits per heavy atom. The minimum Gasteiger partial charge on any atom is -0.299 e. The lowest BCUT2D eigenvalue weighted by molar-refractivity contribution is -0.142. The van der Waals surface area contributed by atoms with Crippen LogP contribution in [0.4, 0.5) is 0 Å². The van der Waals surface area contributed by atoms with Gasteiger partial charge in [-0.15, -0.1) is 9.35 Å². The van der Waals surface area contributed by atoms with Gasteiger partial charge in [-0.2, -0.15) is 8.42 Å². The third kappa shape index (κ3) is 4.12. The Balaban J connectivity index is 1.93. The molecule has 2 atom stereocenters. The maximum atomic E-state index is 13.1. The van der Waals surface area contributed by atoms with Crippen molar-refractivity contribution < 1.29 is 27.1 Å². The van der Waals surface area contributed by atoms with Gasteiger partial charge in [0.2, 0.25) is 0 Å². The number of Topliss-reactive ketones (excluding diaryl/α,β-unsaturated/α-hetero) is 1. The van der Waals surface area contributed by atoms with Crippen LogP contribution in [-0.2, 0) is 24.0 Å². The molecule has 7 nitrogen and oxygen atoms in total. The SMILES string of the molecule is C=C/C=C\C(=C)C(=O)N(OS(=O)(=O)CC12CCC(CC1=O)C2(C)C)C(=O)c1ccccc1. The Kier molecular flexibility index (Phi) is 6.40. The lowest BCUT2D eigenvalue weighted by atomic mass is 9.70. The lowest BCUT2D eigenvalue weighted by Gasteiger charge is -2.36. The van der Waals surface area contributed by atoms with Crippen molar-refractivity contribution in [3.05, 3.63) is 72.9 Å². The first-order valence-electron chi connectivity index (χ1n) is 10.3. The van der Waals surface area contributed by atoms with E-state index in [1.54, 1.807) is 18.2 Å². The number of allylic oxidation sites excluding steroid dienone is 2. The van der Waals surface area contributed by atoms with Crippen LogP contribution in [0.25, 0.3) is 0 Å². The summed E-state index contributed by atoms with van der Waals surface area (Å²) in [6.45, 7) is 10.9. The van der Waals surface area contributed by atoms with Gasteiger partial charge in [-0.1, -0.05) is 57.4 Å². The Labute approximate surface area is 188 Å². The predicted octanol–water partition coefficient (Wildman–Crippen LogP) is 3.61. The molecule has 2 aliphatic carbocycles. The molecule has 0 radical (unpaired) electrons. The summed E-state index contributed by atoms with van der Waals surface area (Å²) in [5.74, 6) is -2.58. The first kappa shape index (κ1) is 23.8. The normalized spacial score (nSPS) is 23.9. The van der Waals surface area contributed by atoms with Crippen molar-refractivity contribution in [1.29, 1.82) is 0 Å². The van der Waals surface area contributed by atoms with E-state index in [2.05, 4.69) is 13.2 Å². The van der Waals surface area contributed by atoms with Crippen LogP contribution < -0.4 is 0 Å². The van der Waals surface area contributed by atoms with Gasteiger partial charge in [0.1, 0.15) is 5.78 Å². The number of nitrogens with zero attached hydrogens (tertiary/aromatic N) is 1. The molecule has 0 spiro atoms. The number of fused-ring (bicyclic) bond motifs is 2. The zero-order valence-electron chi connectivity index (χ0n) is 18.2. The van der Waals surface area contributed by atoms with E-state index in [4.69, 9.17) is 4.28 Å². The van der Waals surface area contributed by atoms with Gasteiger partial charge in [0, 0.05) is 17.6 Å². The van der Waals surface area contributed by atoms with Gasteiger partial charge < -0.3 is 0 Å². The number of hydroxylamine groups is 2. The maximum absolute atomic E-state index is 13.1. The molecule has 2 bridgehead atoms. The molecule has 2 amide bonds. The average molecular weight is 458 g/mol. The van der Waals surface area contributed by atoms with Crippen molar-refractivity contribution in [2.24, 2.45) is 16.7 Å². The summed E-state index contributed by atoms with van der Waals surface area (Å²) < 4.78 is 31.3. The van der Waals surface area contributed by atoms with Gasteiger partial charge in [0.05, 0.1) is 11.2 Å². The number of amides is 2. The summed E-state index contributed by atoms with van der Waals surface area (Å²) in [7, 11) is -4.49. The molecule has 3 rings (SSSR count). The number of benzene rings is 1. The fourth-order valence-electron chi connectivity index (χ4n) is 4.79. The Bertz CT molecular complexity index is 1100. The second-order valence-corrected chi connectivity index (χ2v) is 10.4. The average Bonchev–Trinajstić information content (AvgIpc) is 3.09. The molecule has 2 aliphatic rings. The van der Waals surface area contributed by atoms with Crippen LogP contribution in [0.15, 0.2) is 67.3 Å². The molecule has 170 valence electrons. The highest BCUT2D eigenvalue weighted by Crippen LogP contribution is 2.64. The van der Waals surface area contributed by atoms with Crippen molar-refractivity contribution in [2.45, 2.75) is 33.1 Å². The van der Waals surface area contributed by atoms with E-state index in [9.17, 15) is 22.8 Å². The lowest BCUT2D eigenvalue weighted by Crippen LogP contribution is -2.46. The summed E-state index contributed by atoms with van der Waals surface area (Å²) in [5, 5.41) is 0.204. The highest BCUT2D eigenvalue weighted by atomic mass is 32.2. The summed E-state index contributed by atoms with van der Waals surface area (Å²) in [6, 6.07) is 7.70. The van der Waals surface area contributed by atoms with E-state index in [-0.39, 0.29) is 27.9 Å². The third-order valence-electron chi connectivity index (χ3n) is 6.85. The predicted molar refractivity (Wildman–Crippen MR) is 120 cm³/mol. The summed E-state index contributed by atoms with van der Waals surface area (Å²) in [5.41, 5.74) is -1.72. The molecule has 2 saturated carbocycles. The zero-order chi connectivity index (χ0) is 23.7. The molecule has 1 aromatic carbocycles. The molecule has 0 aliphatic heterocycles. The van der Waals surface area contributed by atoms with Crippen LogP contribution in [0.2, 0.25) is 0 Å². The zero-order valence-corrected chi connectivity index (χ0v) is 19.1. The minimum atomic E-state index is -4.49. The molecule has 0 heterocycles. The van der Waals surface area contributed by atoms with E-state index in [0.717, 1.165) is 6.42 Å². The van der Waals surface area contributed by atoms with E-state index in [1.165, 1.54) is 30.4 Å². The van der Waals surface area contributed by atoms with E-state index < -0.39 is 38.5 Å². The van der Waals surface area contributed by atoms with E-state index in [0.29, 0.717) is 12.8 Å². The molecule has 2 fully saturated rings. The smallest absolute Gasteiger partial charge is 0.289 e. The van der Waals surface area contributed by atoms with Crippen LogP contribution >= 0.6 is 0 Å². The molecule has 2 unspecified atom stereocenters. The Morgan fingerprint density at radius 2 is 1.91 bits per heavy atom. The second-order valence-electron chi connectivity index (χ2n) is 8.83. The molecular weight excluding hydrogens is 430 g/mol. The highest BCUT2D eigenvalue weighted by Gasteiger charge is 2.65. The van der Waals surface area contributed by atoms with Gasteiger partial charge in [-0.25, -0.2) is 0 Å². The number of carbonyl (C=O) groups excluding carboxylic acids is 3. The second kappa shape index (κ2) is 8.60. The number of imide groups is 1. The molecule has 0 N–H and O–H groups in total. The number of hydrogen-bond donors (Lipinski definition) is 0. The number of rotatable bonds is 8. The van der Waals surface area contributed by atoms with Gasteiger partial charge in [0.25, 0.3) is 21.9 Å². The maximum Gasteiger partial charge on any atom is 0.289 e. The summed E-state index contributed by atoms with van der Waals surface area (Å²) >= 11 is 0. The number of hydrogen-bond acceptors (Lipinski definition) is 6. The van der Waals surface area contributed by atoms with E-state index >= 15 is 0 Å². The van der Waals surface area contributed by atoms with Crippen LogP contribution in [-0.4, -0.2) is 36.8 Å². The first-order valence-corrected chi connectivity index (χ1v) is 11.9. The molecule has 32 heavy (non-hydrogen) atoms. The topological polar surface area (TPSA) is 97.8 Å². The van der Waals surface area contributed by atoms with Crippen molar-refractivity contribution >= 4 is 27.7 Å². The van der Waals surface area contributed by atoms with Crippen LogP contribution in [0.3, 0.4) is 0 Å². The van der Waals surface area contributed by atoms with Crippen molar-refractivity contribution in [3.8, 4) is 0 Å². The van der Waals surface area contributed by atoms with Crippen LogP contribution in [0, 0.1) is 16.7 Å². The fourth-order valence-corrected chi connectivity index (χ4v) is 6.49. The van der Waals surface area contributed by atoms with Crippen molar-refractivity contribution in [1.82, 2.24) is 5.06 Å². The van der Waals surface area contributed by atoms with Crippen molar-refractivity contribution in [3.63, 3.8) is 0 Å². The molecule has 8 heteroatoms. The number of carbonyl (C=O) groups is 3. The number of ketones is 1. The largest absolute Gasteiger partial charge is 0.299 e. The Hall–Kier alpha value is -2.84. The van der Waals surface area contributed by atoms with Gasteiger partial charge >= 0.3 is 0 Å². The summed E-state index contributed by atoms with van der Waals surface area (Å²) in [4.78, 5) is 38.6. The summed E-state index contributed by atoms with van der Waals surface area (Å²) in [6.07, 6.45) is 5.64. The van der Waals surface area contributed by atoms with E-state index in [1.807, 2.05) is 13.8 Å². The third-order valence-corrected chi connectivity index (χ3v) is 8.07. The van der Waals surface area contributed by atoms with Gasteiger partial charge in [0.15, 0.2) is 0 Å². The van der Waals surface area contributed by atoms with Crippen LogP contribution in [0.1, 0.15) is 43.5 Å². The Morgan fingerprint density at radius 1 is 1.25 bits per heavy atom.